The number of alkyl halides is 6. The zero-order valence-corrected chi connectivity index (χ0v) is 24.8. The lowest BCUT2D eigenvalue weighted by Gasteiger charge is -2.42. The van der Waals surface area contributed by atoms with Crippen molar-refractivity contribution in [3.05, 3.63) is 107 Å². The monoisotopic (exact) mass is 620 g/mol. The standard InChI is InChI=1S/C21H20F6N2O.C12H18N2/c1-29-11-5-10-19(13-29,14-6-3-2-4-7-14)28-18(30)16-9-8-15(20(22,23)24)12-17(16)21(25,26)27;1-14-9-5-8-12(13,10-14)11-6-3-2-4-7-11/h2-4,6-9,12H,5,10-11,13H2,1H3,(H,28,30);2-4,6-7H,5,8-10,13H2,1H3. The van der Waals surface area contributed by atoms with Crippen molar-refractivity contribution in [3.63, 3.8) is 0 Å². The first-order chi connectivity index (χ1) is 20.6. The molecule has 0 bridgehead atoms. The Kier molecular flexibility index (Phi) is 10.1. The molecule has 0 saturated carbocycles. The Labute approximate surface area is 254 Å². The molecule has 44 heavy (non-hydrogen) atoms. The van der Waals surface area contributed by atoms with E-state index in [1.165, 1.54) is 18.5 Å². The molecule has 3 N–H and O–H groups in total. The SMILES string of the molecule is CN1CCCC(N)(c2ccccc2)C1.CN1CCCC(NC(=O)c2ccc(C(F)(F)F)cc2C(F)(F)F)(c2ccccc2)C1. The van der Waals surface area contributed by atoms with E-state index >= 15 is 0 Å². The van der Waals surface area contributed by atoms with E-state index in [2.05, 4.69) is 41.5 Å². The van der Waals surface area contributed by atoms with Gasteiger partial charge in [-0.15, -0.1) is 0 Å². The molecule has 3 aromatic rings. The Hall–Kier alpha value is -3.41. The summed E-state index contributed by atoms with van der Waals surface area (Å²) in [6.45, 7) is 3.27. The molecule has 2 aliphatic heterocycles. The second-order valence-electron chi connectivity index (χ2n) is 11.9. The van der Waals surface area contributed by atoms with Crippen LogP contribution in [0, 0.1) is 0 Å². The first kappa shape index (κ1) is 33.5. The molecule has 0 aliphatic carbocycles. The van der Waals surface area contributed by atoms with Crippen molar-refractivity contribution in [2.24, 2.45) is 5.73 Å². The van der Waals surface area contributed by atoms with Gasteiger partial charge in [-0.2, -0.15) is 26.3 Å². The second kappa shape index (κ2) is 13.3. The highest BCUT2D eigenvalue weighted by molar-refractivity contribution is 5.96. The van der Waals surface area contributed by atoms with Crippen LogP contribution < -0.4 is 11.1 Å². The topological polar surface area (TPSA) is 61.6 Å². The minimum Gasteiger partial charge on any atom is -0.341 e. The average Bonchev–Trinajstić information content (AvgIpc) is 2.97. The Morgan fingerprint density at radius 3 is 1.82 bits per heavy atom. The summed E-state index contributed by atoms with van der Waals surface area (Å²) in [5.74, 6) is -1.06. The number of hydrogen-bond donors (Lipinski definition) is 2. The van der Waals surface area contributed by atoms with Gasteiger partial charge >= 0.3 is 12.4 Å². The molecular formula is C33H38F6N4O. The quantitative estimate of drug-likeness (QED) is 0.321. The number of piperidine rings is 2. The molecule has 1 amide bonds. The van der Waals surface area contributed by atoms with Crippen molar-refractivity contribution < 1.29 is 31.1 Å². The van der Waals surface area contributed by atoms with Crippen molar-refractivity contribution in [2.45, 2.75) is 49.1 Å². The molecule has 2 saturated heterocycles. The minimum atomic E-state index is -5.11. The number of rotatable bonds is 4. The van der Waals surface area contributed by atoms with Crippen LogP contribution in [0.4, 0.5) is 26.3 Å². The summed E-state index contributed by atoms with van der Waals surface area (Å²) in [6.07, 6.45) is -6.58. The second-order valence-corrected chi connectivity index (χ2v) is 11.9. The molecule has 2 heterocycles. The van der Waals surface area contributed by atoms with E-state index < -0.39 is 40.5 Å². The number of likely N-dealkylation sites (N-methyl/N-ethyl adjacent to an activating group) is 2. The van der Waals surface area contributed by atoms with Crippen LogP contribution in [0.5, 0.6) is 0 Å². The van der Waals surface area contributed by atoms with Crippen molar-refractivity contribution in [2.75, 3.05) is 40.3 Å². The Bertz CT molecular complexity index is 1400. The molecule has 238 valence electrons. The number of hydrogen-bond acceptors (Lipinski definition) is 4. The van der Waals surface area contributed by atoms with Crippen molar-refractivity contribution in [1.29, 1.82) is 0 Å². The highest BCUT2D eigenvalue weighted by Crippen LogP contribution is 2.38. The highest BCUT2D eigenvalue weighted by Gasteiger charge is 2.42. The van der Waals surface area contributed by atoms with E-state index in [1.54, 1.807) is 30.3 Å². The number of benzene rings is 3. The van der Waals surface area contributed by atoms with Crippen LogP contribution in [0.3, 0.4) is 0 Å². The molecule has 2 unspecified atom stereocenters. The number of likely N-dealkylation sites (tertiary alicyclic amines) is 2. The van der Waals surface area contributed by atoms with Gasteiger partial charge in [0.2, 0.25) is 0 Å². The summed E-state index contributed by atoms with van der Waals surface area (Å²) in [7, 11) is 3.98. The summed E-state index contributed by atoms with van der Waals surface area (Å²) < 4.78 is 79.2. The third kappa shape index (κ3) is 7.99. The van der Waals surface area contributed by atoms with E-state index in [9.17, 15) is 31.1 Å². The Morgan fingerprint density at radius 1 is 0.750 bits per heavy atom. The third-order valence-corrected chi connectivity index (χ3v) is 8.32. The van der Waals surface area contributed by atoms with E-state index in [1.807, 2.05) is 18.0 Å². The van der Waals surface area contributed by atoms with Gasteiger partial charge in [0.1, 0.15) is 0 Å². The molecule has 2 aliphatic rings. The van der Waals surface area contributed by atoms with Gasteiger partial charge in [-0.25, -0.2) is 0 Å². The van der Waals surface area contributed by atoms with E-state index in [0.29, 0.717) is 31.5 Å². The molecule has 2 atom stereocenters. The summed E-state index contributed by atoms with van der Waals surface area (Å²) >= 11 is 0. The lowest BCUT2D eigenvalue weighted by atomic mass is 9.82. The molecule has 11 heteroatoms. The maximum atomic E-state index is 13.5. The van der Waals surface area contributed by atoms with Gasteiger partial charge in [0.15, 0.2) is 0 Å². The zero-order valence-electron chi connectivity index (χ0n) is 24.8. The number of amides is 1. The summed E-state index contributed by atoms with van der Waals surface area (Å²) in [4.78, 5) is 17.2. The average molecular weight is 621 g/mol. The molecule has 5 nitrogen and oxygen atoms in total. The van der Waals surface area contributed by atoms with Crippen LogP contribution >= 0.6 is 0 Å². The fourth-order valence-electron chi connectivity index (χ4n) is 6.18. The number of carbonyl (C=O) groups excluding carboxylic acids is 1. The van der Waals surface area contributed by atoms with E-state index in [-0.39, 0.29) is 11.6 Å². The van der Waals surface area contributed by atoms with Crippen molar-refractivity contribution >= 4 is 5.91 Å². The van der Waals surface area contributed by atoms with Gasteiger partial charge in [0.25, 0.3) is 5.91 Å². The van der Waals surface area contributed by atoms with Gasteiger partial charge in [-0.05, 0) is 82.2 Å². The van der Waals surface area contributed by atoms with Crippen molar-refractivity contribution in [3.8, 4) is 0 Å². The zero-order chi connectivity index (χ0) is 32.2. The van der Waals surface area contributed by atoms with Gasteiger partial charge in [-0.3, -0.25) is 4.79 Å². The van der Waals surface area contributed by atoms with Gasteiger partial charge in [-0.1, -0.05) is 60.7 Å². The van der Waals surface area contributed by atoms with Crippen LogP contribution in [-0.4, -0.2) is 56.0 Å². The predicted molar refractivity (Wildman–Crippen MR) is 158 cm³/mol. The van der Waals surface area contributed by atoms with Crippen LogP contribution in [0.15, 0.2) is 78.9 Å². The number of nitrogens with one attached hydrogen (secondary N) is 1. The lowest BCUT2D eigenvalue weighted by Crippen LogP contribution is -2.55. The summed E-state index contributed by atoms with van der Waals surface area (Å²) in [5.41, 5.74) is 3.45. The first-order valence-electron chi connectivity index (χ1n) is 14.5. The van der Waals surface area contributed by atoms with Gasteiger partial charge in [0, 0.05) is 13.1 Å². The van der Waals surface area contributed by atoms with E-state index in [0.717, 1.165) is 25.1 Å². The maximum absolute atomic E-state index is 13.5. The fraction of sp³-hybridized carbons (Fsp3) is 0.424. The Balaban J connectivity index is 0.000000262. The largest absolute Gasteiger partial charge is 0.417 e. The molecule has 0 radical (unpaired) electrons. The molecular weight excluding hydrogens is 582 g/mol. The minimum absolute atomic E-state index is 0.0168. The summed E-state index contributed by atoms with van der Waals surface area (Å²) in [5, 5.41) is 2.70. The number of halogens is 6. The number of nitrogens with zero attached hydrogens (tertiary/aromatic N) is 2. The smallest absolute Gasteiger partial charge is 0.341 e. The number of carbonyl (C=O) groups is 1. The molecule has 0 spiro atoms. The molecule has 0 aromatic heterocycles. The predicted octanol–water partition coefficient (Wildman–Crippen LogP) is 6.64. The van der Waals surface area contributed by atoms with Crippen LogP contribution in [0.25, 0.3) is 0 Å². The third-order valence-electron chi connectivity index (χ3n) is 8.32. The number of nitrogens with two attached hydrogens (primary N) is 1. The van der Waals surface area contributed by atoms with Crippen molar-refractivity contribution in [1.82, 2.24) is 15.1 Å². The Morgan fingerprint density at radius 2 is 1.30 bits per heavy atom. The summed E-state index contributed by atoms with van der Waals surface area (Å²) in [6, 6.07) is 20.4. The normalized spacial score (nSPS) is 23.4. The van der Waals surface area contributed by atoms with Crippen LogP contribution in [0.1, 0.15) is 58.3 Å². The fourth-order valence-corrected chi connectivity index (χ4v) is 6.18. The van der Waals surface area contributed by atoms with Crippen LogP contribution in [0.2, 0.25) is 0 Å². The van der Waals surface area contributed by atoms with Gasteiger partial charge in [0.05, 0.1) is 27.8 Å². The molecule has 2 fully saturated rings. The van der Waals surface area contributed by atoms with Gasteiger partial charge < -0.3 is 20.9 Å². The van der Waals surface area contributed by atoms with Crippen LogP contribution in [-0.2, 0) is 23.4 Å². The first-order valence-corrected chi connectivity index (χ1v) is 14.5. The maximum Gasteiger partial charge on any atom is 0.417 e. The highest BCUT2D eigenvalue weighted by atomic mass is 19.4. The van der Waals surface area contributed by atoms with E-state index in [4.69, 9.17) is 5.73 Å². The molecule has 5 rings (SSSR count). The lowest BCUT2D eigenvalue weighted by molar-refractivity contribution is -0.143. The molecule has 3 aromatic carbocycles.